The molecule has 1 N–H and O–H groups in total. The molecule has 0 atom stereocenters. The molecule has 0 fully saturated rings. The number of carbonyl (C=O) groups is 1. The maximum Gasteiger partial charge on any atom is 0.228 e. The highest BCUT2D eigenvalue weighted by Gasteiger charge is 2.11. The van der Waals surface area contributed by atoms with Crippen molar-refractivity contribution in [3.05, 3.63) is 42.1 Å². The first-order valence-corrected chi connectivity index (χ1v) is 8.30. The van der Waals surface area contributed by atoms with Crippen LogP contribution in [0.3, 0.4) is 0 Å². The molecule has 124 valence electrons. The summed E-state index contributed by atoms with van der Waals surface area (Å²) in [5.41, 5.74) is 3.86. The number of aromatic nitrogens is 2. The molecule has 1 amide bonds. The summed E-state index contributed by atoms with van der Waals surface area (Å²) in [6, 6.07) is 9.45. The van der Waals surface area contributed by atoms with Gasteiger partial charge < -0.3 is 9.73 Å². The van der Waals surface area contributed by atoms with Crippen molar-refractivity contribution < 1.29 is 9.21 Å². The number of hydrogen-bond donors (Lipinski definition) is 1. The molecule has 1 aromatic carbocycles. The molecule has 24 heavy (non-hydrogen) atoms. The highest BCUT2D eigenvalue weighted by Crippen LogP contribution is 2.27. The fourth-order valence-electron chi connectivity index (χ4n) is 2.53. The third-order valence-corrected chi connectivity index (χ3v) is 3.93. The van der Waals surface area contributed by atoms with Crippen molar-refractivity contribution in [3.63, 3.8) is 0 Å². The van der Waals surface area contributed by atoms with Crippen LogP contribution in [0.25, 0.3) is 22.7 Å². The van der Waals surface area contributed by atoms with Crippen LogP contribution in [-0.2, 0) is 4.79 Å². The van der Waals surface area contributed by atoms with Crippen LogP contribution in [0.15, 0.2) is 40.9 Å². The number of amides is 1. The van der Waals surface area contributed by atoms with Crippen LogP contribution in [0.4, 0.5) is 5.69 Å². The molecule has 0 radical (unpaired) electrons. The van der Waals surface area contributed by atoms with Gasteiger partial charge in [-0.2, -0.15) is 4.98 Å². The molecule has 0 aliphatic heterocycles. The monoisotopic (exact) mass is 323 g/mol. The van der Waals surface area contributed by atoms with Crippen molar-refractivity contribution in [2.75, 3.05) is 5.32 Å². The minimum Gasteiger partial charge on any atom is -0.434 e. The van der Waals surface area contributed by atoms with Gasteiger partial charge in [0.2, 0.25) is 11.8 Å². The number of pyridine rings is 1. The molecule has 0 saturated carbocycles. The number of nitrogens with zero attached hydrogens (tertiary/aromatic N) is 2. The van der Waals surface area contributed by atoms with Gasteiger partial charge in [-0.1, -0.05) is 25.8 Å². The number of anilines is 1. The van der Waals surface area contributed by atoms with Gasteiger partial charge in [0.05, 0.1) is 0 Å². The fourth-order valence-corrected chi connectivity index (χ4v) is 2.53. The lowest BCUT2D eigenvalue weighted by Crippen LogP contribution is -2.12. The van der Waals surface area contributed by atoms with E-state index in [1.807, 2.05) is 37.3 Å². The number of benzene rings is 1. The van der Waals surface area contributed by atoms with Gasteiger partial charge in [-0.3, -0.25) is 4.79 Å². The minimum atomic E-state index is 0.0444. The molecule has 2 heterocycles. The first kappa shape index (κ1) is 16.2. The van der Waals surface area contributed by atoms with E-state index < -0.39 is 0 Å². The van der Waals surface area contributed by atoms with Crippen LogP contribution in [0.5, 0.6) is 0 Å². The smallest absolute Gasteiger partial charge is 0.228 e. The summed E-state index contributed by atoms with van der Waals surface area (Å²) in [6.45, 7) is 4.10. The topological polar surface area (TPSA) is 68.0 Å². The predicted octanol–water partition coefficient (Wildman–Crippen LogP) is 4.72. The number of fused-ring (bicyclic) bond motifs is 1. The Bertz CT molecular complexity index is 822. The van der Waals surface area contributed by atoms with Crippen molar-refractivity contribution in [2.24, 2.45) is 0 Å². The Morgan fingerprint density at radius 1 is 1.25 bits per heavy atom. The Labute approximate surface area is 141 Å². The van der Waals surface area contributed by atoms with Crippen LogP contribution in [0.2, 0.25) is 0 Å². The van der Waals surface area contributed by atoms with Gasteiger partial charge in [-0.25, -0.2) is 4.98 Å². The van der Waals surface area contributed by atoms with E-state index in [-0.39, 0.29) is 5.91 Å². The third kappa shape index (κ3) is 3.62. The zero-order valence-electron chi connectivity index (χ0n) is 14.0. The summed E-state index contributed by atoms with van der Waals surface area (Å²) >= 11 is 0. The van der Waals surface area contributed by atoms with Crippen molar-refractivity contribution in [1.82, 2.24) is 9.97 Å². The zero-order valence-corrected chi connectivity index (χ0v) is 14.0. The number of unbranched alkanes of at least 4 members (excludes halogenated alkanes) is 2. The van der Waals surface area contributed by atoms with E-state index in [0.29, 0.717) is 23.5 Å². The predicted molar refractivity (Wildman–Crippen MR) is 94.7 cm³/mol. The largest absolute Gasteiger partial charge is 0.434 e. The number of carbonyl (C=O) groups excluding carboxylic acids is 1. The average Bonchev–Trinajstić information content (AvgIpc) is 3.01. The Balaban J connectivity index is 1.81. The van der Waals surface area contributed by atoms with E-state index in [0.717, 1.165) is 36.1 Å². The Morgan fingerprint density at radius 2 is 2.12 bits per heavy atom. The van der Waals surface area contributed by atoms with E-state index in [1.54, 1.807) is 6.20 Å². The molecule has 0 aliphatic rings. The highest BCUT2D eigenvalue weighted by atomic mass is 16.3. The summed E-state index contributed by atoms with van der Waals surface area (Å²) in [5, 5.41) is 2.99. The Hall–Kier alpha value is -2.69. The van der Waals surface area contributed by atoms with Crippen LogP contribution >= 0.6 is 0 Å². The molecule has 0 unspecified atom stereocenters. The fraction of sp³-hybridized carbons (Fsp3) is 0.316. The highest BCUT2D eigenvalue weighted by molar-refractivity contribution is 5.92. The van der Waals surface area contributed by atoms with Gasteiger partial charge >= 0.3 is 0 Å². The molecule has 0 aliphatic carbocycles. The van der Waals surface area contributed by atoms with E-state index in [4.69, 9.17) is 4.42 Å². The quantitative estimate of drug-likeness (QED) is 0.667. The number of rotatable bonds is 6. The van der Waals surface area contributed by atoms with Crippen molar-refractivity contribution in [3.8, 4) is 11.5 Å². The lowest BCUT2D eigenvalue weighted by molar-refractivity contribution is -0.116. The van der Waals surface area contributed by atoms with Gasteiger partial charge in [0.1, 0.15) is 0 Å². The van der Waals surface area contributed by atoms with Gasteiger partial charge in [-0.05, 0) is 43.2 Å². The molecule has 2 aromatic heterocycles. The van der Waals surface area contributed by atoms with Gasteiger partial charge in [0.25, 0.3) is 0 Å². The number of hydrogen-bond acceptors (Lipinski definition) is 4. The van der Waals surface area contributed by atoms with E-state index in [9.17, 15) is 4.79 Å². The molecular weight excluding hydrogens is 302 g/mol. The van der Waals surface area contributed by atoms with E-state index in [1.165, 1.54) is 0 Å². The summed E-state index contributed by atoms with van der Waals surface area (Å²) in [5.74, 6) is 0.549. The maximum atomic E-state index is 12.1. The molecular formula is C19H21N3O2. The van der Waals surface area contributed by atoms with Crippen molar-refractivity contribution in [1.29, 1.82) is 0 Å². The Morgan fingerprint density at radius 3 is 2.92 bits per heavy atom. The summed E-state index contributed by atoms with van der Waals surface area (Å²) < 4.78 is 5.75. The average molecular weight is 323 g/mol. The number of oxazole rings is 1. The zero-order chi connectivity index (χ0) is 16.9. The molecule has 3 rings (SSSR count). The van der Waals surface area contributed by atoms with Gasteiger partial charge in [-0.15, -0.1) is 0 Å². The second-order valence-corrected chi connectivity index (χ2v) is 5.88. The third-order valence-electron chi connectivity index (χ3n) is 3.93. The maximum absolute atomic E-state index is 12.1. The van der Waals surface area contributed by atoms with Crippen LogP contribution in [-0.4, -0.2) is 15.9 Å². The van der Waals surface area contributed by atoms with Crippen LogP contribution in [0.1, 0.15) is 38.2 Å². The Kier molecular flexibility index (Phi) is 4.89. The first-order chi connectivity index (χ1) is 11.7. The summed E-state index contributed by atoms with van der Waals surface area (Å²) in [6.07, 6.45) is 5.32. The molecule has 3 aromatic rings. The van der Waals surface area contributed by atoms with Crippen molar-refractivity contribution >= 4 is 22.8 Å². The summed E-state index contributed by atoms with van der Waals surface area (Å²) in [4.78, 5) is 20.7. The van der Waals surface area contributed by atoms with Crippen molar-refractivity contribution in [2.45, 2.75) is 39.5 Å². The molecule has 0 bridgehead atoms. The number of nitrogens with one attached hydrogen (secondary N) is 1. The van der Waals surface area contributed by atoms with E-state index in [2.05, 4.69) is 22.2 Å². The molecule has 0 saturated heterocycles. The second-order valence-electron chi connectivity index (χ2n) is 5.88. The number of aryl methyl sites for hydroxylation is 1. The van der Waals surface area contributed by atoms with Gasteiger partial charge in [0, 0.05) is 23.9 Å². The molecule has 5 nitrogen and oxygen atoms in total. The lowest BCUT2D eigenvalue weighted by Gasteiger charge is -2.09. The summed E-state index contributed by atoms with van der Waals surface area (Å²) in [7, 11) is 0. The standard InChI is InChI=1S/C19H21N3O2/c1-3-4-5-8-17(23)21-15-12-14(10-9-13(15)2)19-22-18-16(24-19)7-6-11-20-18/h6-7,9-12H,3-5,8H2,1-2H3,(H,21,23). The van der Waals surface area contributed by atoms with Crippen LogP contribution in [0, 0.1) is 6.92 Å². The second kappa shape index (κ2) is 7.25. The SMILES string of the molecule is CCCCCC(=O)Nc1cc(-c2nc3ncccc3o2)ccc1C. The minimum absolute atomic E-state index is 0.0444. The lowest BCUT2D eigenvalue weighted by atomic mass is 10.1. The van der Waals surface area contributed by atoms with Crippen LogP contribution < -0.4 is 5.32 Å². The van der Waals surface area contributed by atoms with Gasteiger partial charge in [0.15, 0.2) is 11.2 Å². The normalized spacial score (nSPS) is 10.9. The first-order valence-electron chi connectivity index (χ1n) is 8.30. The van der Waals surface area contributed by atoms with E-state index >= 15 is 0 Å². The molecule has 0 spiro atoms. The molecule has 5 heteroatoms.